The first-order chi connectivity index (χ1) is 9.08. The monoisotopic (exact) mass is 342 g/mol. The van der Waals surface area contributed by atoms with Crippen molar-refractivity contribution in [1.29, 1.82) is 0 Å². The Hall–Kier alpha value is -0.992. The number of hydrogen-bond donors (Lipinski definition) is 1. The summed E-state index contributed by atoms with van der Waals surface area (Å²) in [6.07, 6.45) is 1.87. The minimum atomic E-state index is -0.861. The normalized spacial score (nSPS) is 17.0. The van der Waals surface area contributed by atoms with Crippen molar-refractivity contribution >= 4 is 43.5 Å². The van der Waals surface area contributed by atoms with Crippen LogP contribution in [0.1, 0.15) is 12.8 Å². The number of nitrogens with zero attached hydrogens (tertiary/aromatic N) is 1. The second-order valence-electron chi connectivity index (χ2n) is 4.55. The van der Waals surface area contributed by atoms with Crippen molar-refractivity contribution in [3.8, 4) is 0 Å². The van der Waals surface area contributed by atoms with Crippen LogP contribution >= 0.6 is 11.6 Å². The van der Waals surface area contributed by atoms with Crippen LogP contribution in [0.15, 0.2) is 24.3 Å². The van der Waals surface area contributed by atoms with E-state index in [9.17, 15) is 9.59 Å². The Morgan fingerprint density at radius 1 is 1.26 bits per heavy atom. The predicted molar refractivity (Wildman–Crippen MR) is 77.0 cm³/mol. The Balaban J connectivity index is 1.89. The molecule has 0 saturated carbocycles. The Morgan fingerprint density at radius 2 is 1.89 bits per heavy atom. The van der Waals surface area contributed by atoms with Crippen LogP contribution in [0.5, 0.6) is 0 Å². The molecule has 1 atom stereocenters. The van der Waals surface area contributed by atoms with Crippen molar-refractivity contribution in [3.05, 3.63) is 29.3 Å². The number of carbonyl (C=O) groups is 2. The zero-order chi connectivity index (χ0) is 13.8. The van der Waals surface area contributed by atoms with Crippen LogP contribution in [0, 0.1) is 0 Å². The summed E-state index contributed by atoms with van der Waals surface area (Å²) >= 11 is 5.87. The summed E-state index contributed by atoms with van der Waals surface area (Å²) in [6.45, 7) is 1.25. The average Bonchev–Trinajstić information content (AvgIpc) is 2.41. The number of hydrogen-bond acceptors (Lipinski definition) is 2. The zero-order valence-corrected chi connectivity index (χ0v) is 13.3. The fraction of sp³-hybridized carbons (Fsp3) is 0.385. The van der Waals surface area contributed by atoms with E-state index in [0.29, 0.717) is 17.8 Å². The van der Waals surface area contributed by atoms with Gasteiger partial charge in [0, 0.05) is 0 Å². The van der Waals surface area contributed by atoms with Crippen LogP contribution in [-0.4, -0.2) is 45.6 Å². The Morgan fingerprint density at radius 3 is 2.47 bits per heavy atom. The van der Waals surface area contributed by atoms with Gasteiger partial charge in [-0.05, 0) is 0 Å². The number of carbonyl (C=O) groups excluding carboxylic acids is 2. The van der Waals surface area contributed by atoms with E-state index in [2.05, 4.69) is 6.07 Å². The third kappa shape index (κ3) is 3.74. The van der Waals surface area contributed by atoms with Crippen LogP contribution in [0.25, 0.3) is 0 Å². The fourth-order valence-electron chi connectivity index (χ4n) is 2.18. The number of benzene rings is 1. The molecule has 0 radical (unpaired) electrons. The Bertz CT molecular complexity index is 487. The van der Waals surface area contributed by atoms with Crippen molar-refractivity contribution in [1.82, 2.24) is 4.90 Å². The number of amides is 2. The van der Waals surface area contributed by atoms with E-state index in [0.717, 1.165) is 17.9 Å². The van der Waals surface area contributed by atoms with Gasteiger partial charge in [0.2, 0.25) is 0 Å². The molecule has 0 spiro atoms. The molecule has 0 aliphatic carbocycles. The van der Waals surface area contributed by atoms with E-state index in [-0.39, 0.29) is 15.8 Å². The summed E-state index contributed by atoms with van der Waals surface area (Å²) in [5, 5.41) is 0.846. The number of nitrogens with two attached hydrogens (primary N) is 1. The SMILES string of the molecule is NC(=O)C(=O)N1CCC([AsH]c2ccccc2Cl)CC1. The molecule has 1 unspecified atom stereocenters. The van der Waals surface area contributed by atoms with Crippen LogP contribution in [-0.2, 0) is 9.59 Å². The summed E-state index contributed by atoms with van der Waals surface area (Å²) in [7, 11) is 0. The predicted octanol–water partition coefficient (Wildman–Crippen LogP) is 0.298. The molecule has 2 rings (SSSR count). The van der Waals surface area contributed by atoms with Gasteiger partial charge in [0.1, 0.15) is 0 Å². The molecule has 2 amide bonds. The average molecular weight is 343 g/mol. The van der Waals surface area contributed by atoms with E-state index in [1.54, 1.807) is 4.90 Å². The molecule has 1 saturated heterocycles. The third-order valence-corrected chi connectivity index (χ3v) is 7.52. The molecule has 1 aromatic rings. The van der Waals surface area contributed by atoms with Gasteiger partial charge in [-0.1, -0.05) is 0 Å². The molecule has 19 heavy (non-hydrogen) atoms. The quantitative estimate of drug-likeness (QED) is 0.620. The van der Waals surface area contributed by atoms with Gasteiger partial charge in [-0.25, -0.2) is 0 Å². The van der Waals surface area contributed by atoms with Crippen molar-refractivity contribution < 1.29 is 9.59 Å². The van der Waals surface area contributed by atoms with Gasteiger partial charge < -0.3 is 0 Å². The molecule has 1 fully saturated rings. The molecule has 6 heteroatoms. The van der Waals surface area contributed by atoms with E-state index >= 15 is 0 Å². The number of primary amides is 1. The first kappa shape index (κ1) is 14.4. The second-order valence-corrected chi connectivity index (χ2v) is 8.41. The molecule has 0 bridgehead atoms. The summed E-state index contributed by atoms with van der Waals surface area (Å²) in [5.41, 5.74) is 5.01. The molecule has 1 aromatic carbocycles. The number of halogens is 1. The molecule has 2 N–H and O–H groups in total. The first-order valence-electron chi connectivity index (χ1n) is 6.17. The molecular weight excluding hydrogens is 327 g/mol. The van der Waals surface area contributed by atoms with Crippen molar-refractivity contribution in [2.45, 2.75) is 17.5 Å². The Kier molecular flexibility index (Phi) is 4.89. The van der Waals surface area contributed by atoms with Gasteiger partial charge in [0.15, 0.2) is 0 Å². The molecule has 1 aliphatic rings. The number of piperidine rings is 1. The van der Waals surface area contributed by atoms with E-state index in [1.165, 1.54) is 4.35 Å². The summed E-state index contributed by atoms with van der Waals surface area (Å²) in [5.74, 6) is -1.42. The number of likely N-dealkylation sites (tertiary alicyclic amines) is 1. The van der Waals surface area contributed by atoms with Crippen molar-refractivity contribution in [2.75, 3.05) is 13.1 Å². The van der Waals surface area contributed by atoms with Gasteiger partial charge in [-0.2, -0.15) is 0 Å². The van der Waals surface area contributed by atoms with E-state index in [4.69, 9.17) is 17.3 Å². The summed E-state index contributed by atoms with van der Waals surface area (Å²) < 4.78 is 1.89. The van der Waals surface area contributed by atoms with Crippen molar-refractivity contribution in [3.63, 3.8) is 0 Å². The maximum atomic E-state index is 11.5. The van der Waals surface area contributed by atoms with Gasteiger partial charge in [-0.3, -0.25) is 0 Å². The van der Waals surface area contributed by atoms with Gasteiger partial charge >= 0.3 is 124 Å². The molecule has 1 aliphatic heterocycles. The molecular formula is C13H16AsClN2O2. The van der Waals surface area contributed by atoms with Gasteiger partial charge in [0.25, 0.3) is 0 Å². The van der Waals surface area contributed by atoms with E-state index in [1.807, 2.05) is 18.2 Å². The topological polar surface area (TPSA) is 63.4 Å². The van der Waals surface area contributed by atoms with Crippen LogP contribution in [0.3, 0.4) is 0 Å². The third-order valence-electron chi connectivity index (χ3n) is 3.23. The zero-order valence-electron chi connectivity index (χ0n) is 10.4. The standard InChI is InChI=1S/C13H16AsClN2O2/c15-11-4-2-1-3-10(11)14-9-5-7-17(8-6-9)13(19)12(16)18/h1-4,9,14H,5-8H2,(H2,16,18). The van der Waals surface area contributed by atoms with Crippen LogP contribution < -0.4 is 10.1 Å². The summed E-state index contributed by atoms with van der Waals surface area (Å²) in [4.78, 5) is 23.8. The van der Waals surface area contributed by atoms with Gasteiger partial charge in [0.05, 0.1) is 0 Å². The first-order valence-corrected chi connectivity index (χ1v) is 8.81. The molecule has 4 nitrogen and oxygen atoms in total. The van der Waals surface area contributed by atoms with Crippen LogP contribution in [0.2, 0.25) is 9.73 Å². The molecule has 102 valence electrons. The fourth-order valence-corrected chi connectivity index (χ4v) is 5.54. The number of rotatable bonds is 2. The Labute approximate surface area is 124 Å². The van der Waals surface area contributed by atoms with Gasteiger partial charge in [-0.15, -0.1) is 0 Å². The minimum absolute atomic E-state index is 0.303. The molecule has 1 heterocycles. The molecule has 0 aromatic heterocycles. The summed E-state index contributed by atoms with van der Waals surface area (Å²) in [6, 6.07) is 7.96. The van der Waals surface area contributed by atoms with Crippen LogP contribution in [0.4, 0.5) is 0 Å². The van der Waals surface area contributed by atoms with E-state index < -0.39 is 11.8 Å². The second kappa shape index (κ2) is 6.44. The van der Waals surface area contributed by atoms with Crippen molar-refractivity contribution in [2.24, 2.45) is 5.73 Å². The maximum absolute atomic E-state index is 11.5.